The molecular weight excluding hydrogens is 260 g/mol. The molecule has 0 aliphatic heterocycles. The normalized spacial score (nSPS) is 14.1. The van der Waals surface area contributed by atoms with Gasteiger partial charge in [-0.05, 0) is 6.92 Å². The van der Waals surface area contributed by atoms with Crippen molar-refractivity contribution in [3.8, 4) is 0 Å². The lowest BCUT2D eigenvalue weighted by Crippen LogP contribution is -2.31. The molecule has 2 unspecified atom stereocenters. The molecule has 10 heteroatoms. The Morgan fingerprint density at radius 2 is 1.59 bits per heavy atom. The van der Waals surface area contributed by atoms with Crippen molar-refractivity contribution >= 4 is 22.1 Å². The summed E-state index contributed by atoms with van der Waals surface area (Å²) in [5.41, 5.74) is 0. The molecule has 0 aliphatic carbocycles. The van der Waals surface area contributed by atoms with Gasteiger partial charge in [0.25, 0.3) is 10.1 Å². The molecule has 9 nitrogen and oxygen atoms in total. The van der Waals surface area contributed by atoms with Crippen LogP contribution in [0.2, 0.25) is 0 Å². The number of aliphatic carboxylic acids is 2. The van der Waals surface area contributed by atoms with Crippen LogP contribution in [0.5, 0.6) is 0 Å². The number of rotatable bonds is 5. The fourth-order valence-electron chi connectivity index (χ4n) is 0.479. The van der Waals surface area contributed by atoms with Gasteiger partial charge in [0.05, 0.1) is 19.1 Å². The van der Waals surface area contributed by atoms with E-state index in [1.807, 2.05) is 0 Å². The molecular formula is C7H14O9S. The first kappa shape index (κ1) is 18.1. The van der Waals surface area contributed by atoms with E-state index in [1.54, 1.807) is 0 Å². The van der Waals surface area contributed by atoms with Crippen molar-refractivity contribution < 1.29 is 43.0 Å². The Morgan fingerprint density at radius 3 is 1.65 bits per heavy atom. The topological polar surface area (TPSA) is 169 Å². The van der Waals surface area contributed by atoms with Gasteiger partial charge >= 0.3 is 11.9 Å². The van der Waals surface area contributed by atoms with Crippen molar-refractivity contribution in [3.63, 3.8) is 0 Å². The molecule has 0 aliphatic rings. The summed E-state index contributed by atoms with van der Waals surface area (Å²) in [6.07, 6.45) is -1.72. The SMILES string of the molecule is CC(O)CO.O=C(O)CC(C(=O)O)S(=O)(=O)O. The molecule has 0 aromatic carbocycles. The summed E-state index contributed by atoms with van der Waals surface area (Å²) in [7, 11) is -4.84. The van der Waals surface area contributed by atoms with Crippen molar-refractivity contribution in [2.75, 3.05) is 6.61 Å². The maximum Gasteiger partial charge on any atom is 0.325 e. The maximum atomic E-state index is 10.2. The summed E-state index contributed by atoms with van der Waals surface area (Å²) in [6.45, 7) is 1.39. The zero-order valence-corrected chi connectivity index (χ0v) is 9.66. The molecule has 0 saturated carbocycles. The first-order valence-corrected chi connectivity index (χ1v) is 5.72. The predicted molar refractivity (Wildman–Crippen MR) is 54.0 cm³/mol. The molecule has 2 atom stereocenters. The monoisotopic (exact) mass is 274 g/mol. The maximum absolute atomic E-state index is 10.2. The van der Waals surface area contributed by atoms with E-state index in [0.717, 1.165) is 0 Å². The van der Waals surface area contributed by atoms with Crippen LogP contribution in [0, 0.1) is 0 Å². The lowest BCUT2D eigenvalue weighted by Gasteiger charge is -2.04. The van der Waals surface area contributed by atoms with Gasteiger partial charge in [-0.25, -0.2) is 0 Å². The van der Waals surface area contributed by atoms with Crippen molar-refractivity contribution in [1.82, 2.24) is 0 Å². The lowest BCUT2D eigenvalue weighted by atomic mass is 10.3. The Morgan fingerprint density at radius 1 is 1.24 bits per heavy atom. The first-order valence-electron chi connectivity index (χ1n) is 4.22. The average Bonchev–Trinajstić information content (AvgIpc) is 2.12. The van der Waals surface area contributed by atoms with Gasteiger partial charge in [-0.1, -0.05) is 0 Å². The Balaban J connectivity index is 0. The van der Waals surface area contributed by atoms with E-state index in [-0.39, 0.29) is 6.61 Å². The minimum atomic E-state index is -4.84. The molecule has 0 radical (unpaired) electrons. The van der Waals surface area contributed by atoms with Gasteiger partial charge in [-0.3, -0.25) is 14.1 Å². The van der Waals surface area contributed by atoms with Crippen molar-refractivity contribution in [2.45, 2.75) is 24.7 Å². The number of carboxylic acids is 2. The Labute approximate surface area is 97.1 Å². The van der Waals surface area contributed by atoms with Crippen LogP contribution in [-0.4, -0.2) is 63.3 Å². The highest BCUT2D eigenvalue weighted by Gasteiger charge is 2.33. The molecule has 0 saturated heterocycles. The van der Waals surface area contributed by atoms with Crippen LogP contribution >= 0.6 is 0 Å². The Hall–Kier alpha value is -1.23. The molecule has 0 spiro atoms. The van der Waals surface area contributed by atoms with E-state index < -0.39 is 39.8 Å². The number of hydrogen-bond acceptors (Lipinski definition) is 6. The highest BCUT2D eigenvalue weighted by molar-refractivity contribution is 7.87. The third-order valence-electron chi connectivity index (χ3n) is 1.26. The summed E-state index contributed by atoms with van der Waals surface area (Å²) in [6, 6.07) is 0. The predicted octanol–water partition coefficient (Wildman–Crippen LogP) is -1.84. The third kappa shape index (κ3) is 11.0. The van der Waals surface area contributed by atoms with Gasteiger partial charge in [0.15, 0.2) is 5.25 Å². The minimum Gasteiger partial charge on any atom is -0.481 e. The average molecular weight is 274 g/mol. The van der Waals surface area contributed by atoms with E-state index in [1.165, 1.54) is 6.92 Å². The highest BCUT2D eigenvalue weighted by Crippen LogP contribution is 2.04. The zero-order chi connectivity index (χ0) is 14.2. The minimum absolute atomic E-state index is 0.139. The summed E-state index contributed by atoms with van der Waals surface area (Å²) >= 11 is 0. The molecule has 0 bridgehead atoms. The zero-order valence-electron chi connectivity index (χ0n) is 8.85. The van der Waals surface area contributed by atoms with Crippen LogP contribution in [0.1, 0.15) is 13.3 Å². The molecule has 102 valence electrons. The van der Waals surface area contributed by atoms with Crippen LogP contribution in [0.15, 0.2) is 0 Å². The van der Waals surface area contributed by atoms with E-state index >= 15 is 0 Å². The molecule has 0 aromatic rings. The quantitative estimate of drug-likeness (QED) is 0.361. The second-order valence-electron chi connectivity index (χ2n) is 2.97. The second-order valence-corrected chi connectivity index (χ2v) is 4.57. The molecule has 0 aromatic heterocycles. The fraction of sp³-hybridized carbons (Fsp3) is 0.714. The molecule has 0 rings (SSSR count). The molecule has 17 heavy (non-hydrogen) atoms. The number of aliphatic hydroxyl groups is 2. The van der Waals surface area contributed by atoms with Crippen molar-refractivity contribution in [3.05, 3.63) is 0 Å². The summed E-state index contributed by atoms with van der Waals surface area (Å²) in [4.78, 5) is 20.0. The third-order valence-corrected chi connectivity index (χ3v) is 2.35. The molecule has 0 fully saturated rings. The van der Waals surface area contributed by atoms with E-state index in [4.69, 9.17) is 25.0 Å². The molecule has 0 heterocycles. The van der Waals surface area contributed by atoms with E-state index in [0.29, 0.717) is 0 Å². The van der Waals surface area contributed by atoms with Crippen LogP contribution in [0.4, 0.5) is 0 Å². The van der Waals surface area contributed by atoms with Crippen LogP contribution in [0.25, 0.3) is 0 Å². The Kier molecular flexibility index (Phi) is 8.48. The van der Waals surface area contributed by atoms with Gasteiger partial charge in [-0.15, -0.1) is 0 Å². The van der Waals surface area contributed by atoms with Crippen molar-refractivity contribution in [2.24, 2.45) is 0 Å². The fourth-order valence-corrected chi connectivity index (χ4v) is 1.09. The summed E-state index contributed by atoms with van der Waals surface area (Å²) in [5, 5.41) is 29.9. The summed E-state index contributed by atoms with van der Waals surface area (Å²) < 4.78 is 28.7. The number of aliphatic hydroxyl groups excluding tert-OH is 2. The number of carboxylic acid groups (broad SMARTS) is 2. The Bertz CT molecular complexity index is 344. The highest BCUT2D eigenvalue weighted by atomic mass is 32.2. The first-order chi connectivity index (χ1) is 7.52. The lowest BCUT2D eigenvalue weighted by molar-refractivity contribution is -0.143. The van der Waals surface area contributed by atoms with Crippen LogP contribution < -0.4 is 0 Å². The van der Waals surface area contributed by atoms with E-state index in [2.05, 4.69) is 0 Å². The van der Waals surface area contributed by atoms with E-state index in [9.17, 15) is 18.0 Å². The van der Waals surface area contributed by atoms with Crippen molar-refractivity contribution in [1.29, 1.82) is 0 Å². The smallest absolute Gasteiger partial charge is 0.325 e. The largest absolute Gasteiger partial charge is 0.481 e. The molecule has 5 N–H and O–H groups in total. The van der Waals surface area contributed by atoms with Crippen LogP contribution in [0.3, 0.4) is 0 Å². The standard InChI is InChI=1S/C4H6O7S.C3H8O2/c5-3(6)1-2(4(7)8)12(9,10)11;1-3(5)2-4/h2H,1H2,(H,5,6)(H,7,8)(H,9,10,11);3-5H,2H2,1H3. The summed E-state index contributed by atoms with van der Waals surface area (Å²) in [5.74, 6) is -3.50. The number of carbonyl (C=O) groups is 2. The van der Waals surface area contributed by atoms with Gasteiger partial charge in [0, 0.05) is 0 Å². The molecule has 0 amide bonds. The van der Waals surface area contributed by atoms with Gasteiger partial charge in [0.2, 0.25) is 0 Å². The second kappa shape index (κ2) is 7.95. The van der Waals surface area contributed by atoms with Gasteiger partial charge < -0.3 is 20.4 Å². The van der Waals surface area contributed by atoms with Gasteiger partial charge in [0.1, 0.15) is 0 Å². The van der Waals surface area contributed by atoms with Gasteiger partial charge in [-0.2, -0.15) is 8.42 Å². The van der Waals surface area contributed by atoms with Crippen LogP contribution in [-0.2, 0) is 19.7 Å². The number of hydrogen-bond donors (Lipinski definition) is 5.